The number of carboxylic acid groups (broad SMARTS) is 1. The minimum Gasteiger partial charge on any atom is -0.481 e. The van der Waals surface area contributed by atoms with Crippen molar-refractivity contribution in [1.29, 1.82) is 0 Å². The zero-order chi connectivity index (χ0) is 17.9. The molecule has 1 heterocycles. The van der Waals surface area contributed by atoms with E-state index in [1.165, 1.54) is 0 Å². The maximum atomic E-state index is 12.3. The lowest BCUT2D eigenvalue weighted by Crippen LogP contribution is -2.62. The monoisotopic (exact) mass is 339 g/mol. The van der Waals surface area contributed by atoms with Crippen LogP contribution in [-0.4, -0.2) is 41.1 Å². The molecule has 136 valence electrons. The molecular formula is C17H29N3O4. The number of hydrogen-bond acceptors (Lipinski definition) is 3. The van der Waals surface area contributed by atoms with Crippen LogP contribution in [0.3, 0.4) is 0 Å². The highest BCUT2D eigenvalue weighted by molar-refractivity contribution is 5.79. The van der Waals surface area contributed by atoms with Crippen molar-refractivity contribution in [3.8, 4) is 0 Å². The molecule has 3 amide bonds. The predicted molar refractivity (Wildman–Crippen MR) is 89.5 cm³/mol. The molecule has 1 aliphatic carbocycles. The number of carboxylic acids is 1. The molecule has 24 heavy (non-hydrogen) atoms. The van der Waals surface area contributed by atoms with Gasteiger partial charge in [0, 0.05) is 12.5 Å². The fourth-order valence-electron chi connectivity index (χ4n) is 3.66. The summed E-state index contributed by atoms with van der Waals surface area (Å²) in [5.41, 5.74) is -0.145. The number of nitrogens with one attached hydrogen (secondary N) is 3. The first kappa shape index (κ1) is 18.5. The molecule has 2 aliphatic rings. The summed E-state index contributed by atoms with van der Waals surface area (Å²) in [6.07, 6.45) is 3.63. The van der Waals surface area contributed by atoms with Gasteiger partial charge in [0.05, 0.1) is 18.0 Å². The molecule has 4 N–H and O–H groups in total. The Hall–Kier alpha value is -1.79. The van der Waals surface area contributed by atoms with Crippen LogP contribution in [0.1, 0.15) is 59.3 Å². The lowest BCUT2D eigenvalue weighted by Gasteiger charge is -2.41. The normalized spacial score (nSPS) is 31.0. The lowest BCUT2D eigenvalue weighted by atomic mass is 9.79. The Balaban J connectivity index is 1.85. The van der Waals surface area contributed by atoms with Gasteiger partial charge in [0.15, 0.2) is 0 Å². The van der Waals surface area contributed by atoms with Gasteiger partial charge in [0.25, 0.3) is 0 Å². The summed E-state index contributed by atoms with van der Waals surface area (Å²) in [7, 11) is 0. The molecule has 0 aromatic heterocycles. The first-order valence-corrected chi connectivity index (χ1v) is 8.76. The summed E-state index contributed by atoms with van der Waals surface area (Å²) < 4.78 is 0. The maximum Gasteiger partial charge on any atom is 0.315 e. The van der Waals surface area contributed by atoms with Gasteiger partial charge in [0.2, 0.25) is 5.91 Å². The summed E-state index contributed by atoms with van der Waals surface area (Å²) in [4.78, 5) is 34.9. The van der Waals surface area contributed by atoms with E-state index >= 15 is 0 Å². The Morgan fingerprint density at radius 2 is 1.71 bits per heavy atom. The number of carbonyl (C=O) groups excluding carboxylic acids is 2. The number of hydrogen-bond donors (Lipinski definition) is 4. The fourth-order valence-corrected chi connectivity index (χ4v) is 3.66. The molecule has 7 heteroatoms. The maximum absolute atomic E-state index is 12.3. The summed E-state index contributed by atoms with van der Waals surface area (Å²) in [5, 5.41) is 18.0. The molecule has 0 radical (unpaired) electrons. The zero-order valence-electron chi connectivity index (χ0n) is 14.7. The third kappa shape index (κ3) is 4.85. The first-order valence-electron chi connectivity index (χ1n) is 8.76. The molecule has 0 aromatic carbocycles. The molecule has 2 rings (SSSR count). The minimum atomic E-state index is -0.746. The van der Waals surface area contributed by atoms with E-state index in [1.54, 1.807) is 0 Å². The van der Waals surface area contributed by atoms with Gasteiger partial charge in [-0.05, 0) is 37.5 Å². The quantitative estimate of drug-likeness (QED) is 0.626. The lowest BCUT2D eigenvalue weighted by molar-refractivity contribution is -0.142. The second kappa shape index (κ2) is 7.40. The summed E-state index contributed by atoms with van der Waals surface area (Å²) in [6.45, 7) is 6.13. The van der Waals surface area contributed by atoms with Crippen molar-refractivity contribution in [2.75, 3.05) is 0 Å². The van der Waals surface area contributed by atoms with Crippen molar-refractivity contribution in [3.63, 3.8) is 0 Å². The van der Waals surface area contributed by atoms with Crippen LogP contribution in [-0.2, 0) is 9.59 Å². The summed E-state index contributed by atoms with van der Waals surface area (Å²) in [5.74, 6) is -1.01. The Labute approximate surface area is 142 Å². The molecule has 0 unspecified atom stereocenters. The van der Waals surface area contributed by atoms with Crippen LogP contribution in [0.25, 0.3) is 0 Å². The van der Waals surface area contributed by atoms with Crippen molar-refractivity contribution in [2.24, 2.45) is 11.3 Å². The standard InChI is InChI=1S/C17H29N3O4/c1-17(2,3)14-12(8-9-13(21)20-14)19-16(24)18-11-6-4-10(5-7-11)15(22)23/h10-12,14H,4-9H2,1-3H3,(H,20,21)(H,22,23)(H2,18,19,24)/t10?,11?,12-,14-/m1/s1. The van der Waals surface area contributed by atoms with Crippen LogP contribution in [0, 0.1) is 11.3 Å². The number of aliphatic carboxylic acids is 1. The molecule has 2 atom stereocenters. The van der Waals surface area contributed by atoms with E-state index < -0.39 is 5.97 Å². The van der Waals surface area contributed by atoms with Crippen LogP contribution in [0.5, 0.6) is 0 Å². The van der Waals surface area contributed by atoms with E-state index in [9.17, 15) is 14.4 Å². The van der Waals surface area contributed by atoms with E-state index in [1.807, 2.05) is 20.8 Å². The van der Waals surface area contributed by atoms with E-state index in [4.69, 9.17) is 5.11 Å². The SMILES string of the molecule is CC(C)(C)[C@@H]1NC(=O)CC[C@H]1NC(=O)NC1CCC(C(=O)O)CC1. The minimum absolute atomic E-state index is 0.0202. The number of rotatable bonds is 3. The van der Waals surface area contributed by atoms with Crippen molar-refractivity contribution in [3.05, 3.63) is 0 Å². The largest absolute Gasteiger partial charge is 0.481 e. The van der Waals surface area contributed by atoms with Gasteiger partial charge in [-0.1, -0.05) is 20.8 Å². The first-order chi connectivity index (χ1) is 11.2. The van der Waals surface area contributed by atoms with Crippen molar-refractivity contribution in [1.82, 2.24) is 16.0 Å². The van der Waals surface area contributed by atoms with Crippen molar-refractivity contribution >= 4 is 17.9 Å². The third-order valence-corrected chi connectivity index (χ3v) is 5.06. The van der Waals surface area contributed by atoms with Gasteiger partial charge in [-0.3, -0.25) is 9.59 Å². The van der Waals surface area contributed by atoms with Gasteiger partial charge < -0.3 is 21.1 Å². The van der Waals surface area contributed by atoms with Gasteiger partial charge >= 0.3 is 12.0 Å². The average molecular weight is 339 g/mol. The molecule has 0 spiro atoms. The average Bonchev–Trinajstić information content (AvgIpc) is 2.48. The van der Waals surface area contributed by atoms with Crippen molar-refractivity contribution < 1.29 is 19.5 Å². The molecule has 0 bridgehead atoms. The molecule has 2 fully saturated rings. The highest BCUT2D eigenvalue weighted by atomic mass is 16.4. The molecule has 1 aliphatic heterocycles. The third-order valence-electron chi connectivity index (χ3n) is 5.06. The number of carbonyl (C=O) groups is 3. The number of urea groups is 1. The number of amides is 3. The van der Waals surface area contributed by atoms with Gasteiger partial charge in [-0.15, -0.1) is 0 Å². The van der Waals surface area contributed by atoms with Crippen LogP contribution in [0.15, 0.2) is 0 Å². The second-order valence-corrected chi connectivity index (χ2v) is 8.06. The van der Waals surface area contributed by atoms with Crippen LogP contribution in [0.4, 0.5) is 4.79 Å². The molecule has 1 saturated carbocycles. The van der Waals surface area contributed by atoms with E-state index in [-0.39, 0.29) is 41.4 Å². The fraction of sp³-hybridized carbons (Fsp3) is 0.824. The topological polar surface area (TPSA) is 108 Å². The van der Waals surface area contributed by atoms with E-state index in [2.05, 4.69) is 16.0 Å². The zero-order valence-corrected chi connectivity index (χ0v) is 14.7. The van der Waals surface area contributed by atoms with Gasteiger partial charge in [-0.25, -0.2) is 4.79 Å². The van der Waals surface area contributed by atoms with Gasteiger partial charge in [0.1, 0.15) is 0 Å². The Morgan fingerprint density at radius 1 is 1.08 bits per heavy atom. The highest BCUT2D eigenvalue weighted by Gasteiger charge is 2.38. The second-order valence-electron chi connectivity index (χ2n) is 8.06. The Morgan fingerprint density at radius 3 is 2.25 bits per heavy atom. The van der Waals surface area contributed by atoms with Crippen LogP contribution < -0.4 is 16.0 Å². The van der Waals surface area contributed by atoms with Gasteiger partial charge in [-0.2, -0.15) is 0 Å². The van der Waals surface area contributed by atoms with Crippen molar-refractivity contribution in [2.45, 2.75) is 77.4 Å². The summed E-state index contributed by atoms with van der Waals surface area (Å²) >= 11 is 0. The van der Waals surface area contributed by atoms with E-state index in [0.29, 0.717) is 38.5 Å². The molecule has 0 aromatic rings. The van der Waals surface area contributed by atoms with Crippen LogP contribution in [0.2, 0.25) is 0 Å². The van der Waals surface area contributed by atoms with Crippen LogP contribution >= 0.6 is 0 Å². The Kier molecular flexibility index (Phi) is 5.72. The summed E-state index contributed by atoms with van der Waals surface area (Å²) in [6, 6.07) is -0.415. The number of piperidine rings is 1. The Bertz CT molecular complexity index is 493. The highest BCUT2D eigenvalue weighted by Crippen LogP contribution is 2.27. The predicted octanol–water partition coefficient (Wildman–Crippen LogP) is 1.62. The van der Waals surface area contributed by atoms with E-state index in [0.717, 1.165) is 0 Å². The molecule has 7 nitrogen and oxygen atoms in total. The molecular weight excluding hydrogens is 310 g/mol. The molecule has 1 saturated heterocycles. The smallest absolute Gasteiger partial charge is 0.315 e.